The summed E-state index contributed by atoms with van der Waals surface area (Å²) in [6.07, 6.45) is 4.91. The van der Waals surface area contributed by atoms with Gasteiger partial charge in [0.2, 0.25) is 0 Å². The van der Waals surface area contributed by atoms with Gasteiger partial charge in [0.05, 0.1) is 18.2 Å². The average Bonchev–Trinajstić information content (AvgIpc) is 2.44. The summed E-state index contributed by atoms with van der Waals surface area (Å²) in [4.78, 5) is 12.2. The van der Waals surface area contributed by atoms with Crippen molar-refractivity contribution in [1.82, 2.24) is 0 Å². The molecule has 114 valence electrons. The molecule has 0 N–H and O–H groups in total. The quantitative estimate of drug-likeness (QED) is 0.741. The molecule has 0 saturated heterocycles. The molecule has 4 heteroatoms. The third kappa shape index (κ3) is 3.67. The molecular formula is C17H21BrO3. The third-order valence-corrected chi connectivity index (χ3v) is 4.31. The molecule has 1 atom stereocenters. The van der Waals surface area contributed by atoms with Gasteiger partial charge in [0, 0.05) is 5.92 Å². The summed E-state index contributed by atoms with van der Waals surface area (Å²) in [7, 11) is 1.62. The van der Waals surface area contributed by atoms with Crippen LogP contribution in [-0.2, 0) is 4.79 Å². The fourth-order valence-corrected chi connectivity index (χ4v) is 3.27. The number of hydrogen-bond acceptors (Lipinski definition) is 3. The molecule has 0 spiro atoms. The van der Waals surface area contributed by atoms with Crippen molar-refractivity contribution in [3.63, 3.8) is 0 Å². The zero-order chi connectivity index (χ0) is 15.4. The average molecular weight is 353 g/mol. The first-order valence-electron chi connectivity index (χ1n) is 7.32. The minimum absolute atomic E-state index is 0.137. The van der Waals surface area contributed by atoms with Gasteiger partial charge in [-0.05, 0) is 71.5 Å². The molecule has 1 aliphatic rings. The second kappa shape index (κ2) is 7.12. The van der Waals surface area contributed by atoms with E-state index in [2.05, 4.69) is 15.9 Å². The summed E-state index contributed by atoms with van der Waals surface area (Å²) < 4.78 is 11.8. The Balaban J connectivity index is 2.38. The summed E-state index contributed by atoms with van der Waals surface area (Å²) in [5.74, 6) is 1.78. The van der Waals surface area contributed by atoms with E-state index in [9.17, 15) is 4.79 Å². The highest BCUT2D eigenvalue weighted by molar-refractivity contribution is 9.10. The van der Waals surface area contributed by atoms with Gasteiger partial charge in [0.25, 0.3) is 0 Å². The molecule has 3 nitrogen and oxygen atoms in total. The summed E-state index contributed by atoms with van der Waals surface area (Å²) in [5, 5.41) is 0. The molecule has 0 aromatic heterocycles. The number of hydrogen-bond donors (Lipinski definition) is 0. The van der Waals surface area contributed by atoms with Gasteiger partial charge < -0.3 is 9.47 Å². The highest BCUT2D eigenvalue weighted by Gasteiger charge is 2.22. The normalized spacial score (nSPS) is 20.7. The summed E-state index contributed by atoms with van der Waals surface area (Å²) in [6, 6.07) is 3.88. The van der Waals surface area contributed by atoms with Gasteiger partial charge in [0.1, 0.15) is 0 Å². The van der Waals surface area contributed by atoms with E-state index < -0.39 is 0 Å². The van der Waals surface area contributed by atoms with Crippen LogP contribution in [-0.4, -0.2) is 19.5 Å². The first-order chi connectivity index (χ1) is 10.1. The maximum absolute atomic E-state index is 12.2. The highest BCUT2D eigenvalue weighted by Crippen LogP contribution is 2.37. The molecule has 1 aromatic rings. The van der Waals surface area contributed by atoms with E-state index in [-0.39, 0.29) is 11.7 Å². The molecule has 0 unspecified atom stereocenters. The van der Waals surface area contributed by atoms with E-state index in [1.54, 1.807) is 7.11 Å². The molecule has 1 fully saturated rings. The van der Waals surface area contributed by atoms with Gasteiger partial charge in [-0.2, -0.15) is 0 Å². The van der Waals surface area contributed by atoms with Crippen molar-refractivity contribution in [1.29, 1.82) is 0 Å². The topological polar surface area (TPSA) is 35.5 Å². The lowest BCUT2D eigenvalue weighted by atomic mass is 9.84. The van der Waals surface area contributed by atoms with E-state index in [0.29, 0.717) is 18.1 Å². The number of benzene rings is 1. The molecule has 0 aliphatic heterocycles. The lowest BCUT2D eigenvalue weighted by Crippen LogP contribution is -2.18. The first kappa shape index (κ1) is 16.1. The predicted molar refractivity (Wildman–Crippen MR) is 87.9 cm³/mol. The fourth-order valence-electron chi connectivity index (χ4n) is 2.65. The van der Waals surface area contributed by atoms with Crippen LogP contribution in [0.5, 0.6) is 11.5 Å². The lowest BCUT2D eigenvalue weighted by molar-refractivity contribution is -0.119. The van der Waals surface area contributed by atoms with Crippen molar-refractivity contribution < 1.29 is 14.3 Å². The van der Waals surface area contributed by atoms with Gasteiger partial charge >= 0.3 is 0 Å². The van der Waals surface area contributed by atoms with Crippen LogP contribution in [0.15, 0.2) is 22.2 Å². The van der Waals surface area contributed by atoms with Crippen molar-refractivity contribution in [2.24, 2.45) is 5.92 Å². The monoisotopic (exact) mass is 352 g/mol. The van der Waals surface area contributed by atoms with Crippen molar-refractivity contribution in [2.45, 2.75) is 33.1 Å². The second-order valence-electron chi connectivity index (χ2n) is 5.29. The summed E-state index contributed by atoms with van der Waals surface area (Å²) >= 11 is 3.50. The van der Waals surface area contributed by atoms with Crippen LogP contribution >= 0.6 is 15.9 Å². The Morgan fingerprint density at radius 1 is 1.43 bits per heavy atom. The van der Waals surface area contributed by atoms with E-state index in [1.165, 1.54) is 0 Å². The molecule has 1 saturated carbocycles. The molecule has 0 amide bonds. The zero-order valence-corrected chi connectivity index (χ0v) is 14.3. The van der Waals surface area contributed by atoms with Gasteiger partial charge in [0.15, 0.2) is 17.3 Å². The smallest absolute Gasteiger partial charge is 0.174 e. The molecule has 1 aliphatic carbocycles. The van der Waals surface area contributed by atoms with Gasteiger partial charge in [-0.1, -0.05) is 6.92 Å². The number of rotatable bonds is 4. The zero-order valence-electron chi connectivity index (χ0n) is 12.7. The standard InChI is InChI=1S/C17H21BrO3/c1-4-21-15-10-12(9-14(18)17(15)20-3)8-13-7-5-6-11(2)16(13)19/h8-11H,4-7H2,1-3H3/b13-8+/t11-/m1/s1. The molecular weight excluding hydrogens is 332 g/mol. The van der Waals surface area contributed by atoms with Crippen LogP contribution in [0.2, 0.25) is 0 Å². The van der Waals surface area contributed by atoms with Crippen molar-refractivity contribution in [3.05, 3.63) is 27.7 Å². The summed E-state index contributed by atoms with van der Waals surface area (Å²) in [5.41, 5.74) is 1.87. The number of halogens is 1. The maximum Gasteiger partial charge on any atom is 0.174 e. The van der Waals surface area contributed by atoms with Crippen LogP contribution in [0.3, 0.4) is 0 Å². The van der Waals surface area contributed by atoms with Crippen molar-refractivity contribution in [2.75, 3.05) is 13.7 Å². The van der Waals surface area contributed by atoms with Crippen molar-refractivity contribution >= 4 is 27.8 Å². The number of carbonyl (C=O) groups is 1. The largest absolute Gasteiger partial charge is 0.492 e. The number of methoxy groups -OCH3 is 1. The Hall–Kier alpha value is -1.29. The van der Waals surface area contributed by atoms with Gasteiger partial charge in [-0.25, -0.2) is 0 Å². The Morgan fingerprint density at radius 3 is 2.86 bits per heavy atom. The minimum atomic E-state index is 0.137. The lowest BCUT2D eigenvalue weighted by Gasteiger charge is -2.19. The molecule has 2 rings (SSSR count). The van der Waals surface area contributed by atoms with E-state index in [4.69, 9.17) is 9.47 Å². The predicted octanol–water partition coefficient (Wildman–Crippen LogP) is 4.63. The second-order valence-corrected chi connectivity index (χ2v) is 6.15. The van der Waals surface area contributed by atoms with E-state index >= 15 is 0 Å². The van der Waals surface area contributed by atoms with Crippen LogP contribution in [0.1, 0.15) is 38.7 Å². The Bertz CT molecular complexity index is 563. The maximum atomic E-state index is 12.2. The van der Waals surface area contributed by atoms with Gasteiger partial charge in [-0.15, -0.1) is 0 Å². The third-order valence-electron chi connectivity index (χ3n) is 3.72. The van der Waals surface area contributed by atoms with E-state index in [0.717, 1.165) is 34.9 Å². The van der Waals surface area contributed by atoms with Crippen LogP contribution in [0.25, 0.3) is 6.08 Å². The Labute approximate surface area is 134 Å². The Morgan fingerprint density at radius 2 is 2.19 bits per heavy atom. The molecule has 0 bridgehead atoms. The number of ether oxygens (including phenoxy) is 2. The first-order valence-corrected chi connectivity index (χ1v) is 8.11. The number of carbonyl (C=O) groups excluding carboxylic acids is 1. The number of Topliss-reactive ketones (excluding diaryl/α,β-unsaturated/α-hetero) is 1. The minimum Gasteiger partial charge on any atom is -0.492 e. The number of ketones is 1. The van der Waals surface area contributed by atoms with Crippen LogP contribution in [0, 0.1) is 5.92 Å². The van der Waals surface area contributed by atoms with E-state index in [1.807, 2.05) is 32.1 Å². The molecule has 0 radical (unpaired) electrons. The van der Waals surface area contributed by atoms with Crippen LogP contribution in [0.4, 0.5) is 0 Å². The van der Waals surface area contributed by atoms with Crippen LogP contribution < -0.4 is 9.47 Å². The fraction of sp³-hybridized carbons (Fsp3) is 0.471. The highest BCUT2D eigenvalue weighted by atomic mass is 79.9. The molecule has 1 aromatic carbocycles. The molecule has 0 heterocycles. The Kier molecular flexibility index (Phi) is 5.45. The van der Waals surface area contributed by atoms with Crippen molar-refractivity contribution in [3.8, 4) is 11.5 Å². The molecule has 21 heavy (non-hydrogen) atoms. The summed E-state index contributed by atoms with van der Waals surface area (Å²) in [6.45, 7) is 4.51. The number of allylic oxidation sites excluding steroid dienone is 1. The SMILES string of the molecule is CCOc1cc(/C=C2\CCC[C@@H](C)C2=O)cc(Br)c1OC. The van der Waals surface area contributed by atoms with Gasteiger partial charge in [-0.3, -0.25) is 4.79 Å².